The van der Waals surface area contributed by atoms with Crippen LogP contribution in [0.5, 0.6) is 0 Å². The van der Waals surface area contributed by atoms with E-state index in [1.165, 1.54) is 18.2 Å². The van der Waals surface area contributed by atoms with Gasteiger partial charge in [-0.2, -0.15) is 0 Å². The van der Waals surface area contributed by atoms with Gasteiger partial charge < -0.3 is 4.98 Å². The molecule has 0 amide bonds. The van der Waals surface area contributed by atoms with Gasteiger partial charge in [0.1, 0.15) is 5.82 Å². The number of sulfone groups is 1. The highest BCUT2D eigenvalue weighted by Gasteiger charge is 2.12. The van der Waals surface area contributed by atoms with Crippen molar-refractivity contribution >= 4 is 20.9 Å². The van der Waals surface area contributed by atoms with E-state index in [-0.39, 0.29) is 4.90 Å². The fraction of sp³-hybridized carbons (Fsp3) is 0.0714. The number of fused-ring (bicyclic) bond motifs is 1. The first-order valence-electron chi connectivity index (χ1n) is 6.00. The van der Waals surface area contributed by atoms with Gasteiger partial charge in [-0.05, 0) is 36.4 Å². The molecule has 4 nitrogen and oxygen atoms in total. The number of benzene rings is 2. The zero-order valence-corrected chi connectivity index (χ0v) is 11.7. The normalized spacial score (nSPS) is 12.0. The van der Waals surface area contributed by atoms with E-state index < -0.39 is 21.5 Å². The highest BCUT2D eigenvalue weighted by atomic mass is 32.2. The number of aromatic nitrogens is 2. The zero-order valence-electron chi connectivity index (χ0n) is 10.9. The smallest absolute Gasteiger partial charge is 0.175 e. The summed E-state index contributed by atoms with van der Waals surface area (Å²) in [6.45, 7) is 0. The predicted octanol–water partition coefficient (Wildman–Crippen LogP) is 2.91. The Morgan fingerprint density at radius 3 is 2.48 bits per heavy atom. The second kappa shape index (κ2) is 4.63. The summed E-state index contributed by atoms with van der Waals surface area (Å²) in [7, 11) is -3.32. The first-order chi connectivity index (χ1) is 9.84. The van der Waals surface area contributed by atoms with Gasteiger partial charge in [-0.15, -0.1) is 0 Å². The summed E-state index contributed by atoms with van der Waals surface area (Å²) in [6, 6.07) is 7.91. The van der Waals surface area contributed by atoms with Crippen molar-refractivity contribution in [1.29, 1.82) is 0 Å². The molecule has 2 aromatic carbocycles. The van der Waals surface area contributed by atoms with Crippen LogP contribution in [0.2, 0.25) is 0 Å². The van der Waals surface area contributed by atoms with E-state index in [0.29, 0.717) is 22.4 Å². The standard InChI is InChI=1S/C14H10F2N2O2S/c1-21(19,20)9-3-5-12-13(7-9)18-14(17-12)8-2-4-10(15)11(16)6-8/h2-7H,1H3,(H,17,18). The average molecular weight is 308 g/mol. The molecule has 1 heterocycles. The van der Waals surface area contributed by atoms with Crippen molar-refractivity contribution in [3.8, 4) is 11.4 Å². The number of hydrogen-bond donors (Lipinski definition) is 1. The second-order valence-corrected chi connectivity index (χ2v) is 6.68. The Morgan fingerprint density at radius 2 is 1.81 bits per heavy atom. The van der Waals surface area contributed by atoms with Crippen LogP contribution >= 0.6 is 0 Å². The van der Waals surface area contributed by atoms with Crippen molar-refractivity contribution in [1.82, 2.24) is 9.97 Å². The molecule has 0 spiro atoms. The molecule has 0 bridgehead atoms. The molecular weight excluding hydrogens is 298 g/mol. The fourth-order valence-electron chi connectivity index (χ4n) is 2.00. The van der Waals surface area contributed by atoms with Crippen molar-refractivity contribution < 1.29 is 17.2 Å². The lowest BCUT2D eigenvalue weighted by Gasteiger charge is -1.97. The third-order valence-corrected chi connectivity index (χ3v) is 4.18. The van der Waals surface area contributed by atoms with Gasteiger partial charge in [0.25, 0.3) is 0 Å². The summed E-state index contributed by atoms with van der Waals surface area (Å²) in [6.07, 6.45) is 1.11. The molecule has 0 aliphatic rings. The summed E-state index contributed by atoms with van der Waals surface area (Å²) >= 11 is 0. The van der Waals surface area contributed by atoms with Crippen molar-refractivity contribution in [3.63, 3.8) is 0 Å². The van der Waals surface area contributed by atoms with Gasteiger partial charge in [0, 0.05) is 11.8 Å². The summed E-state index contributed by atoms with van der Waals surface area (Å²) < 4.78 is 49.2. The van der Waals surface area contributed by atoms with E-state index in [1.807, 2.05) is 0 Å². The minimum absolute atomic E-state index is 0.162. The lowest BCUT2D eigenvalue weighted by molar-refractivity contribution is 0.509. The first kappa shape index (κ1) is 13.7. The van der Waals surface area contributed by atoms with E-state index in [4.69, 9.17) is 0 Å². The Kier molecular flexibility index (Phi) is 3.02. The van der Waals surface area contributed by atoms with Crippen molar-refractivity contribution in [2.45, 2.75) is 4.90 Å². The SMILES string of the molecule is CS(=O)(=O)c1ccc2nc(-c3ccc(F)c(F)c3)[nH]c2c1. The van der Waals surface area contributed by atoms with Gasteiger partial charge in [0.05, 0.1) is 15.9 Å². The fourth-order valence-corrected chi connectivity index (χ4v) is 2.65. The molecule has 0 aliphatic carbocycles. The van der Waals surface area contributed by atoms with E-state index in [1.54, 1.807) is 6.07 Å². The van der Waals surface area contributed by atoms with Gasteiger partial charge in [0.15, 0.2) is 21.5 Å². The molecule has 0 atom stereocenters. The van der Waals surface area contributed by atoms with Crippen LogP contribution in [0.3, 0.4) is 0 Å². The van der Waals surface area contributed by atoms with Crippen molar-refractivity contribution in [2.24, 2.45) is 0 Å². The molecule has 0 fully saturated rings. The molecule has 108 valence electrons. The zero-order chi connectivity index (χ0) is 15.2. The lowest BCUT2D eigenvalue weighted by Crippen LogP contribution is -1.96. The van der Waals surface area contributed by atoms with Crippen LogP contribution in [-0.4, -0.2) is 24.6 Å². The molecule has 0 aliphatic heterocycles. The monoisotopic (exact) mass is 308 g/mol. The quantitative estimate of drug-likeness (QED) is 0.792. The molecule has 0 radical (unpaired) electrons. The maximum absolute atomic E-state index is 13.2. The van der Waals surface area contributed by atoms with Crippen LogP contribution in [0.4, 0.5) is 8.78 Å². The Hall–Kier alpha value is -2.28. The van der Waals surface area contributed by atoms with E-state index >= 15 is 0 Å². The predicted molar refractivity (Wildman–Crippen MR) is 74.6 cm³/mol. The van der Waals surface area contributed by atoms with E-state index in [2.05, 4.69) is 9.97 Å². The van der Waals surface area contributed by atoms with Gasteiger partial charge in [-0.1, -0.05) is 0 Å². The number of aromatic amines is 1. The molecule has 3 rings (SSSR count). The van der Waals surface area contributed by atoms with Crippen LogP contribution in [0.25, 0.3) is 22.4 Å². The maximum Gasteiger partial charge on any atom is 0.175 e. The number of hydrogen-bond acceptors (Lipinski definition) is 3. The lowest BCUT2D eigenvalue weighted by atomic mass is 10.2. The second-order valence-electron chi connectivity index (χ2n) is 4.67. The van der Waals surface area contributed by atoms with E-state index in [9.17, 15) is 17.2 Å². The van der Waals surface area contributed by atoms with Crippen LogP contribution in [0.1, 0.15) is 0 Å². The Morgan fingerprint density at radius 1 is 1.05 bits per heavy atom. The van der Waals surface area contributed by atoms with Gasteiger partial charge in [-0.25, -0.2) is 22.2 Å². The number of imidazole rings is 1. The molecular formula is C14H10F2N2O2S. The molecule has 7 heteroatoms. The molecule has 1 aromatic heterocycles. The highest BCUT2D eigenvalue weighted by Crippen LogP contribution is 2.24. The largest absolute Gasteiger partial charge is 0.338 e. The number of nitrogens with one attached hydrogen (secondary N) is 1. The molecule has 21 heavy (non-hydrogen) atoms. The minimum atomic E-state index is -3.32. The Balaban J connectivity index is 2.14. The average Bonchev–Trinajstić information content (AvgIpc) is 2.83. The number of nitrogens with zero attached hydrogens (tertiary/aromatic N) is 1. The molecule has 3 aromatic rings. The molecule has 1 N–H and O–H groups in total. The number of H-pyrrole nitrogens is 1. The van der Waals surface area contributed by atoms with Crippen molar-refractivity contribution in [2.75, 3.05) is 6.26 Å². The molecule has 0 unspecified atom stereocenters. The molecule has 0 saturated carbocycles. The summed E-state index contributed by atoms with van der Waals surface area (Å²) in [5.41, 5.74) is 1.44. The Bertz CT molecular complexity index is 949. The number of rotatable bonds is 2. The third kappa shape index (κ3) is 2.52. The maximum atomic E-state index is 13.2. The summed E-state index contributed by atoms with van der Waals surface area (Å²) in [4.78, 5) is 7.31. The van der Waals surface area contributed by atoms with Crippen molar-refractivity contribution in [3.05, 3.63) is 48.0 Å². The highest BCUT2D eigenvalue weighted by molar-refractivity contribution is 7.90. The van der Waals surface area contributed by atoms with Gasteiger partial charge >= 0.3 is 0 Å². The molecule has 0 saturated heterocycles. The Labute approximate surface area is 119 Å². The third-order valence-electron chi connectivity index (χ3n) is 3.07. The van der Waals surface area contributed by atoms with Crippen LogP contribution in [0, 0.1) is 11.6 Å². The number of halogens is 2. The minimum Gasteiger partial charge on any atom is -0.338 e. The topological polar surface area (TPSA) is 62.8 Å². The van der Waals surface area contributed by atoms with Gasteiger partial charge in [0.2, 0.25) is 0 Å². The summed E-state index contributed by atoms with van der Waals surface area (Å²) in [5, 5.41) is 0. The van der Waals surface area contributed by atoms with Crippen LogP contribution in [0.15, 0.2) is 41.3 Å². The van der Waals surface area contributed by atoms with Gasteiger partial charge in [-0.3, -0.25) is 0 Å². The summed E-state index contributed by atoms with van der Waals surface area (Å²) in [5.74, 6) is -1.56. The van der Waals surface area contributed by atoms with E-state index in [0.717, 1.165) is 18.4 Å². The first-order valence-corrected chi connectivity index (χ1v) is 7.89. The van der Waals surface area contributed by atoms with Crippen LogP contribution < -0.4 is 0 Å². The van der Waals surface area contributed by atoms with Crippen LogP contribution in [-0.2, 0) is 9.84 Å².